The van der Waals surface area contributed by atoms with Crippen molar-refractivity contribution in [2.75, 3.05) is 0 Å². The first-order valence-electron chi connectivity index (χ1n) is 5.52. The fraction of sp³-hybridized carbons (Fsp3) is 1.00. The number of hydrogen-bond donors (Lipinski definition) is 2. The lowest BCUT2D eigenvalue weighted by molar-refractivity contribution is 0.0121. The molecule has 0 aliphatic heterocycles. The van der Waals surface area contributed by atoms with Crippen molar-refractivity contribution >= 4 is 7.32 Å². The molecule has 1 aliphatic rings. The van der Waals surface area contributed by atoms with Crippen LogP contribution in [-0.2, 0) is 4.65 Å². The van der Waals surface area contributed by atoms with Crippen LogP contribution in [-0.4, -0.2) is 23.5 Å². The maximum absolute atomic E-state index is 8.82. The van der Waals surface area contributed by atoms with Crippen molar-refractivity contribution in [1.82, 2.24) is 0 Å². The summed E-state index contributed by atoms with van der Waals surface area (Å²) in [6.45, 7) is 6.53. The van der Waals surface area contributed by atoms with Crippen molar-refractivity contribution < 1.29 is 14.7 Å². The molecule has 3 nitrogen and oxygen atoms in total. The third-order valence-corrected chi connectivity index (χ3v) is 3.26. The minimum absolute atomic E-state index is 0.0127. The van der Waals surface area contributed by atoms with Gasteiger partial charge < -0.3 is 14.7 Å². The van der Waals surface area contributed by atoms with Crippen molar-refractivity contribution in [3.8, 4) is 0 Å². The fourth-order valence-corrected chi connectivity index (χ4v) is 2.43. The average molecular weight is 200 g/mol. The molecular formula is C10H21BO3. The predicted octanol–water partition coefficient (Wildman–Crippen LogP) is 1.43. The van der Waals surface area contributed by atoms with Gasteiger partial charge in [-0.05, 0) is 30.6 Å². The van der Waals surface area contributed by atoms with E-state index in [1.165, 1.54) is 6.42 Å². The van der Waals surface area contributed by atoms with Gasteiger partial charge in [-0.1, -0.05) is 27.2 Å². The number of hydrogen-bond acceptors (Lipinski definition) is 3. The van der Waals surface area contributed by atoms with E-state index in [-0.39, 0.29) is 6.10 Å². The highest BCUT2D eigenvalue weighted by molar-refractivity contribution is 6.32. The molecule has 1 aliphatic carbocycles. The molecule has 0 saturated heterocycles. The van der Waals surface area contributed by atoms with E-state index in [1.807, 2.05) is 0 Å². The third kappa shape index (κ3) is 3.26. The van der Waals surface area contributed by atoms with Gasteiger partial charge in [0.1, 0.15) is 0 Å². The lowest BCUT2D eigenvalue weighted by Gasteiger charge is -2.37. The van der Waals surface area contributed by atoms with Gasteiger partial charge in [-0.25, -0.2) is 0 Å². The maximum Gasteiger partial charge on any atom is 0.634 e. The standard InChI is InChI=1S/C10H21BO3/c1-7(2)9-5-4-8(3)6-10(9)14-11(12)13/h7-10,12-13H,4-6H2,1-3H3/t8-,9+,10-/m0/s1. The van der Waals surface area contributed by atoms with E-state index < -0.39 is 7.32 Å². The van der Waals surface area contributed by atoms with Crippen LogP contribution in [0.4, 0.5) is 0 Å². The molecule has 3 atom stereocenters. The summed E-state index contributed by atoms with van der Waals surface area (Å²) < 4.78 is 5.15. The molecule has 0 unspecified atom stereocenters. The predicted molar refractivity (Wildman–Crippen MR) is 56.4 cm³/mol. The van der Waals surface area contributed by atoms with Crippen LogP contribution in [0.3, 0.4) is 0 Å². The van der Waals surface area contributed by atoms with Gasteiger partial charge in [0.25, 0.3) is 0 Å². The molecule has 1 rings (SSSR count). The lowest BCUT2D eigenvalue weighted by atomic mass is 9.75. The molecule has 2 N–H and O–H groups in total. The molecule has 0 spiro atoms. The summed E-state index contributed by atoms with van der Waals surface area (Å²) in [6.07, 6.45) is 3.32. The Labute approximate surface area is 86.6 Å². The zero-order valence-electron chi connectivity index (χ0n) is 9.31. The molecular weight excluding hydrogens is 179 g/mol. The minimum Gasteiger partial charge on any atom is -0.402 e. The Bertz CT molecular complexity index is 171. The summed E-state index contributed by atoms with van der Waals surface area (Å²) in [5, 5.41) is 17.6. The molecule has 0 radical (unpaired) electrons. The zero-order chi connectivity index (χ0) is 10.7. The highest BCUT2D eigenvalue weighted by Gasteiger charge is 2.33. The number of rotatable bonds is 3. The van der Waals surface area contributed by atoms with Crippen molar-refractivity contribution in [3.05, 3.63) is 0 Å². The van der Waals surface area contributed by atoms with Gasteiger partial charge >= 0.3 is 7.32 Å². The van der Waals surface area contributed by atoms with E-state index in [4.69, 9.17) is 14.7 Å². The Morgan fingerprint density at radius 1 is 1.29 bits per heavy atom. The topological polar surface area (TPSA) is 49.7 Å². The summed E-state index contributed by atoms with van der Waals surface area (Å²) in [5.41, 5.74) is 0. The summed E-state index contributed by atoms with van der Waals surface area (Å²) >= 11 is 0. The van der Waals surface area contributed by atoms with E-state index in [0.717, 1.165) is 12.8 Å². The van der Waals surface area contributed by atoms with Crippen LogP contribution >= 0.6 is 0 Å². The van der Waals surface area contributed by atoms with Gasteiger partial charge in [-0.3, -0.25) is 0 Å². The van der Waals surface area contributed by atoms with Crippen LogP contribution in [0.1, 0.15) is 40.0 Å². The van der Waals surface area contributed by atoms with E-state index in [0.29, 0.717) is 17.8 Å². The van der Waals surface area contributed by atoms with E-state index in [1.54, 1.807) is 0 Å². The van der Waals surface area contributed by atoms with Gasteiger partial charge in [0, 0.05) is 6.10 Å². The first kappa shape index (κ1) is 12.0. The fourth-order valence-electron chi connectivity index (χ4n) is 2.43. The third-order valence-electron chi connectivity index (χ3n) is 3.26. The van der Waals surface area contributed by atoms with Crippen molar-refractivity contribution in [3.63, 3.8) is 0 Å². The average Bonchev–Trinajstić information content (AvgIpc) is 2.01. The van der Waals surface area contributed by atoms with Crippen LogP contribution in [0.25, 0.3) is 0 Å². The van der Waals surface area contributed by atoms with Gasteiger partial charge in [-0.15, -0.1) is 0 Å². The smallest absolute Gasteiger partial charge is 0.402 e. The quantitative estimate of drug-likeness (QED) is 0.677. The van der Waals surface area contributed by atoms with Crippen molar-refractivity contribution in [2.24, 2.45) is 17.8 Å². The van der Waals surface area contributed by atoms with Gasteiger partial charge in [-0.2, -0.15) is 0 Å². The second-order valence-corrected chi connectivity index (χ2v) is 4.83. The summed E-state index contributed by atoms with van der Waals surface area (Å²) in [7, 11) is -1.62. The Kier molecular flexibility index (Phi) is 4.42. The molecule has 82 valence electrons. The van der Waals surface area contributed by atoms with Gasteiger partial charge in [0.15, 0.2) is 0 Å². The normalized spacial score (nSPS) is 33.4. The first-order chi connectivity index (χ1) is 6.50. The zero-order valence-corrected chi connectivity index (χ0v) is 9.31. The summed E-state index contributed by atoms with van der Waals surface area (Å²) in [4.78, 5) is 0. The second kappa shape index (κ2) is 5.15. The van der Waals surface area contributed by atoms with Crippen LogP contribution in [0.5, 0.6) is 0 Å². The summed E-state index contributed by atoms with van der Waals surface area (Å²) in [6, 6.07) is 0. The Morgan fingerprint density at radius 3 is 2.43 bits per heavy atom. The van der Waals surface area contributed by atoms with Crippen LogP contribution in [0, 0.1) is 17.8 Å². The monoisotopic (exact) mass is 200 g/mol. The van der Waals surface area contributed by atoms with Crippen LogP contribution < -0.4 is 0 Å². The van der Waals surface area contributed by atoms with Gasteiger partial charge in [0.2, 0.25) is 0 Å². The van der Waals surface area contributed by atoms with E-state index >= 15 is 0 Å². The van der Waals surface area contributed by atoms with Crippen molar-refractivity contribution in [2.45, 2.75) is 46.1 Å². The molecule has 14 heavy (non-hydrogen) atoms. The molecule has 1 saturated carbocycles. The molecule has 1 fully saturated rings. The van der Waals surface area contributed by atoms with Gasteiger partial charge in [0.05, 0.1) is 0 Å². The lowest BCUT2D eigenvalue weighted by Crippen LogP contribution is -2.38. The molecule has 4 heteroatoms. The first-order valence-corrected chi connectivity index (χ1v) is 5.52. The minimum atomic E-state index is -1.62. The maximum atomic E-state index is 8.82. The Balaban J connectivity index is 2.54. The Hall–Kier alpha value is -0.0551. The Morgan fingerprint density at radius 2 is 1.93 bits per heavy atom. The van der Waals surface area contributed by atoms with E-state index in [2.05, 4.69) is 20.8 Å². The molecule has 0 amide bonds. The van der Waals surface area contributed by atoms with Crippen molar-refractivity contribution in [1.29, 1.82) is 0 Å². The van der Waals surface area contributed by atoms with E-state index in [9.17, 15) is 0 Å². The van der Waals surface area contributed by atoms with Crippen LogP contribution in [0.15, 0.2) is 0 Å². The molecule has 0 aromatic rings. The molecule has 0 bridgehead atoms. The highest BCUT2D eigenvalue weighted by Crippen LogP contribution is 2.35. The van der Waals surface area contributed by atoms with Crippen LogP contribution in [0.2, 0.25) is 0 Å². The largest absolute Gasteiger partial charge is 0.634 e. The highest BCUT2D eigenvalue weighted by atomic mass is 16.6. The molecule has 0 heterocycles. The molecule has 0 aromatic carbocycles. The SMILES string of the molecule is CC(C)[C@H]1CC[C@H](C)C[C@@H]1OB(O)O. The summed E-state index contributed by atoms with van der Waals surface area (Å²) in [5.74, 6) is 1.65. The second-order valence-electron chi connectivity index (χ2n) is 4.83. The molecule has 0 aromatic heterocycles.